The summed E-state index contributed by atoms with van der Waals surface area (Å²) in [5.41, 5.74) is 0. The lowest BCUT2D eigenvalue weighted by Gasteiger charge is -2.39. The van der Waals surface area contributed by atoms with E-state index in [-0.39, 0.29) is 19.7 Å². The largest absolute Gasteiger partial charge is 0.463 e. The maximum atomic E-state index is 12.4. The highest BCUT2D eigenvalue weighted by Crippen LogP contribution is 2.38. The molecule has 0 aliphatic carbocycles. The molecule has 1 fully saturated rings. The Bertz CT molecular complexity index is 259. The van der Waals surface area contributed by atoms with Crippen LogP contribution in [0.15, 0.2) is 0 Å². The molecule has 0 aromatic carbocycles. The number of nitrogens with zero attached hydrogens (tertiary/aromatic N) is 1. The second kappa shape index (κ2) is 3.58. The van der Waals surface area contributed by atoms with E-state index in [9.17, 15) is 26.7 Å². The van der Waals surface area contributed by atoms with Gasteiger partial charge in [-0.25, -0.2) is 0 Å². The molecule has 0 unspecified atom stereocenters. The Morgan fingerprint density at radius 1 is 1.27 bits per heavy atom. The monoisotopic (exact) mass is 233 g/mol. The zero-order valence-corrected chi connectivity index (χ0v) is 7.39. The number of carbonyl (C=O) groups is 1. The highest BCUT2D eigenvalue weighted by Gasteiger charge is 2.65. The minimum atomic E-state index is -5.87. The number of hydrogen-bond acceptors (Lipinski definition) is 2. The van der Waals surface area contributed by atoms with Gasteiger partial charge in [-0.05, 0) is 0 Å². The lowest BCUT2D eigenvalue weighted by Crippen LogP contribution is -2.60. The molecule has 0 saturated carbocycles. The SMILES string of the molecule is O=C(N1CC(CO)C1)C(F)(F)C(F)(F)F. The van der Waals surface area contributed by atoms with Crippen molar-refractivity contribution in [1.82, 2.24) is 4.90 Å². The molecular formula is C7H8F5NO2. The Labute approximate surface area is 81.5 Å². The normalized spacial score (nSPS) is 18.9. The molecule has 0 spiro atoms. The maximum Gasteiger partial charge on any atom is 0.463 e. The first-order valence-corrected chi connectivity index (χ1v) is 4.05. The smallest absolute Gasteiger partial charge is 0.396 e. The lowest BCUT2D eigenvalue weighted by atomic mass is 10.0. The molecule has 15 heavy (non-hydrogen) atoms. The summed E-state index contributed by atoms with van der Waals surface area (Å²) in [6.45, 7) is -0.858. The third-order valence-corrected chi connectivity index (χ3v) is 2.13. The molecule has 1 rings (SSSR count). The van der Waals surface area contributed by atoms with Crippen molar-refractivity contribution >= 4 is 5.91 Å². The van der Waals surface area contributed by atoms with Gasteiger partial charge in [-0.15, -0.1) is 0 Å². The zero-order valence-electron chi connectivity index (χ0n) is 7.39. The number of hydrogen-bond donors (Lipinski definition) is 1. The molecule has 1 amide bonds. The van der Waals surface area contributed by atoms with Gasteiger partial charge in [-0.1, -0.05) is 0 Å². The Balaban J connectivity index is 2.62. The molecule has 0 aromatic heterocycles. The molecule has 1 saturated heterocycles. The number of amides is 1. The third kappa shape index (κ3) is 2.04. The average molecular weight is 233 g/mol. The Kier molecular flexibility index (Phi) is 2.90. The number of likely N-dealkylation sites (tertiary alicyclic amines) is 1. The van der Waals surface area contributed by atoms with Gasteiger partial charge in [-0.2, -0.15) is 22.0 Å². The van der Waals surface area contributed by atoms with Crippen LogP contribution in [0.1, 0.15) is 0 Å². The van der Waals surface area contributed by atoms with Crippen molar-refractivity contribution in [2.24, 2.45) is 5.92 Å². The van der Waals surface area contributed by atoms with Crippen LogP contribution in [0.2, 0.25) is 0 Å². The fourth-order valence-corrected chi connectivity index (χ4v) is 1.17. The molecule has 1 N–H and O–H groups in total. The van der Waals surface area contributed by atoms with Crippen molar-refractivity contribution in [3.8, 4) is 0 Å². The summed E-state index contributed by atoms with van der Waals surface area (Å²) in [6, 6.07) is 0. The van der Waals surface area contributed by atoms with Gasteiger partial charge >= 0.3 is 18.0 Å². The third-order valence-electron chi connectivity index (χ3n) is 2.13. The van der Waals surface area contributed by atoms with Crippen LogP contribution in [-0.2, 0) is 4.79 Å². The number of carbonyl (C=O) groups excluding carboxylic acids is 1. The van der Waals surface area contributed by atoms with Crippen LogP contribution >= 0.6 is 0 Å². The van der Waals surface area contributed by atoms with Crippen molar-refractivity contribution in [3.63, 3.8) is 0 Å². The lowest BCUT2D eigenvalue weighted by molar-refractivity contribution is -0.276. The topological polar surface area (TPSA) is 40.5 Å². The van der Waals surface area contributed by atoms with Gasteiger partial charge < -0.3 is 10.0 Å². The number of aliphatic hydroxyl groups is 1. The van der Waals surface area contributed by atoms with Crippen LogP contribution < -0.4 is 0 Å². The van der Waals surface area contributed by atoms with E-state index < -0.39 is 23.9 Å². The number of aliphatic hydroxyl groups excluding tert-OH is 1. The average Bonchev–Trinajstić information content (AvgIpc) is 1.99. The predicted molar refractivity (Wildman–Crippen MR) is 38.2 cm³/mol. The standard InChI is InChI=1S/C7H8F5NO2/c8-6(9,7(10,11)12)5(15)13-1-4(2-13)3-14/h4,14H,1-3H2. The Morgan fingerprint density at radius 2 is 1.73 bits per heavy atom. The highest BCUT2D eigenvalue weighted by atomic mass is 19.4. The van der Waals surface area contributed by atoms with Gasteiger partial charge in [0.1, 0.15) is 0 Å². The van der Waals surface area contributed by atoms with Crippen LogP contribution in [0.25, 0.3) is 0 Å². The van der Waals surface area contributed by atoms with Crippen LogP contribution in [0.3, 0.4) is 0 Å². The van der Waals surface area contributed by atoms with E-state index in [2.05, 4.69) is 0 Å². The van der Waals surface area contributed by atoms with Crippen molar-refractivity contribution in [2.75, 3.05) is 19.7 Å². The molecule has 0 aromatic rings. The zero-order chi connectivity index (χ0) is 11.9. The minimum Gasteiger partial charge on any atom is -0.396 e. The van der Waals surface area contributed by atoms with Gasteiger partial charge in [0.25, 0.3) is 0 Å². The highest BCUT2D eigenvalue weighted by molar-refractivity contribution is 5.85. The van der Waals surface area contributed by atoms with Gasteiger partial charge in [-0.3, -0.25) is 4.79 Å². The van der Waals surface area contributed by atoms with E-state index in [1.807, 2.05) is 0 Å². The van der Waals surface area contributed by atoms with Gasteiger partial charge in [0.15, 0.2) is 0 Å². The summed E-state index contributed by atoms with van der Waals surface area (Å²) in [5, 5.41) is 8.50. The number of rotatable bonds is 2. The Morgan fingerprint density at radius 3 is 2.07 bits per heavy atom. The molecule has 88 valence electrons. The quantitative estimate of drug-likeness (QED) is 0.711. The van der Waals surface area contributed by atoms with Crippen molar-refractivity contribution in [1.29, 1.82) is 0 Å². The summed E-state index contributed by atoms with van der Waals surface area (Å²) < 4.78 is 60.1. The minimum absolute atomic E-state index is 0.263. The van der Waals surface area contributed by atoms with Crippen molar-refractivity contribution in [3.05, 3.63) is 0 Å². The van der Waals surface area contributed by atoms with E-state index in [1.165, 1.54) is 0 Å². The number of halogens is 5. The van der Waals surface area contributed by atoms with Gasteiger partial charge in [0.2, 0.25) is 0 Å². The molecule has 1 heterocycles. The van der Waals surface area contributed by atoms with E-state index in [0.717, 1.165) is 0 Å². The van der Waals surface area contributed by atoms with E-state index >= 15 is 0 Å². The predicted octanol–water partition coefficient (Wildman–Crippen LogP) is 0.635. The van der Waals surface area contributed by atoms with E-state index in [1.54, 1.807) is 0 Å². The summed E-state index contributed by atoms with van der Waals surface area (Å²) in [6.07, 6.45) is -5.87. The number of alkyl halides is 5. The van der Waals surface area contributed by atoms with Gasteiger partial charge in [0.05, 0.1) is 0 Å². The molecule has 8 heteroatoms. The first-order valence-electron chi connectivity index (χ1n) is 4.05. The molecular weight excluding hydrogens is 225 g/mol. The fourth-order valence-electron chi connectivity index (χ4n) is 1.17. The van der Waals surface area contributed by atoms with Crippen LogP contribution in [0, 0.1) is 5.92 Å². The summed E-state index contributed by atoms with van der Waals surface area (Å²) >= 11 is 0. The van der Waals surface area contributed by atoms with Gasteiger partial charge in [0, 0.05) is 25.6 Å². The first-order chi connectivity index (χ1) is 6.70. The maximum absolute atomic E-state index is 12.4. The molecule has 1 aliphatic heterocycles. The summed E-state index contributed by atoms with van der Waals surface area (Å²) in [5.74, 6) is -7.99. The molecule has 3 nitrogen and oxygen atoms in total. The second-order valence-electron chi connectivity index (χ2n) is 3.33. The van der Waals surface area contributed by atoms with Crippen molar-refractivity contribution < 1.29 is 31.9 Å². The second-order valence-corrected chi connectivity index (χ2v) is 3.33. The first kappa shape index (κ1) is 12.2. The molecule has 0 radical (unpaired) electrons. The Hall–Kier alpha value is -0.920. The summed E-state index contributed by atoms with van der Waals surface area (Å²) in [4.78, 5) is 11.1. The van der Waals surface area contributed by atoms with Crippen LogP contribution in [-0.4, -0.2) is 47.7 Å². The van der Waals surface area contributed by atoms with Crippen LogP contribution in [0.4, 0.5) is 22.0 Å². The van der Waals surface area contributed by atoms with E-state index in [0.29, 0.717) is 4.90 Å². The van der Waals surface area contributed by atoms with Crippen molar-refractivity contribution in [2.45, 2.75) is 12.1 Å². The molecule has 0 atom stereocenters. The summed E-state index contributed by atoms with van der Waals surface area (Å²) in [7, 11) is 0. The van der Waals surface area contributed by atoms with E-state index in [4.69, 9.17) is 5.11 Å². The molecule has 0 bridgehead atoms. The molecule has 1 aliphatic rings. The van der Waals surface area contributed by atoms with Crippen LogP contribution in [0.5, 0.6) is 0 Å². The fraction of sp³-hybridized carbons (Fsp3) is 0.857.